The number of hydrogen-bond acceptors (Lipinski definition) is 4. The summed E-state index contributed by atoms with van der Waals surface area (Å²) in [5.41, 5.74) is 2.35. The monoisotopic (exact) mass is 244 g/mol. The molecule has 1 aromatic rings. The third kappa shape index (κ3) is 2.85. The number of aromatic hydroxyl groups is 1. The highest BCUT2D eigenvalue weighted by atomic mass is 31.2. The van der Waals surface area contributed by atoms with Crippen LogP contribution < -0.4 is 0 Å². The lowest BCUT2D eigenvalue weighted by Crippen LogP contribution is -1.95. The molecule has 0 unspecified atom stereocenters. The SMILES string of the molecule is COP(=O)(Cc1cc(C)c(O)c(C)c1)OC. The summed E-state index contributed by atoms with van der Waals surface area (Å²) < 4.78 is 21.7. The van der Waals surface area contributed by atoms with Crippen molar-refractivity contribution in [3.05, 3.63) is 28.8 Å². The fraction of sp³-hybridized carbons (Fsp3) is 0.455. The molecule has 0 atom stereocenters. The molecule has 0 aromatic heterocycles. The number of hydrogen-bond donors (Lipinski definition) is 1. The Morgan fingerprint density at radius 3 is 2.00 bits per heavy atom. The predicted octanol–water partition coefficient (Wildman–Crippen LogP) is 2.99. The van der Waals surface area contributed by atoms with Crippen LogP contribution in [0.2, 0.25) is 0 Å². The van der Waals surface area contributed by atoms with E-state index in [1.54, 1.807) is 26.0 Å². The van der Waals surface area contributed by atoms with Crippen LogP contribution in [0, 0.1) is 13.8 Å². The molecule has 0 spiro atoms. The topological polar surface area (TPSA) is 55.8 Å². The first-order valence-electron chi connectivity index (χ1n) is 4.91. The standard InChI is InChI=1S/C11H17O4P/c1-8-5-10(6-9(2)11(8)12)7-16(13,14-3)15-4/h5-6,12H,7H2,1-4H3. The third-order valence-electron chi connectivity index (χ3n) is 2.48. The summed E-state index contributed by atoms with van der Waals surface area (Å²) in [6.07, 6.45) is 0.210. The molecule has 0 amide bonds. The maximum atomic E-state index is 11.9. The van der Waals surface area contributed by atoms with Gasteiger partial charge in [0.25, 0.3) is 0 Å². The van der Waals surface area contributed by atoms with Crippen LogP contribution in [0.5, 0.6) is 5.75 Å². The molecule has 0 bridgehead atoms. The van der Waals surface area contributed by atoms with Gasteiger partial charge in [0.2, 0.25) is 0 Å². The van der Waals surface area contributed by atoms with E-state index in [-0.39, 0.29) is 11.9 Å². The van der Waals surface area contributed by atoms with Gasteiger partial charge in [0, 0.05) is 14.2 Å². The second-order valence-electron chi connectivity index (χ2n) is 3.71. The van der Waals surface area contributed by atoms with E-state index in [9.17, 15) is 9.67 Å². The molecular formula is C11H17O4P. The fourth-order valence-corrected chi connectivity index (χ4v) is 2.60. The molecule has 0 heterocycles. The molecule has 0 aliphatic carbocycles. The molecule has 1 aromatic carbocycles. The second kappa shape index (κ2) is 5.00. The average molecular weight is 244 g/mol. The predicted molar refractivity (Wildman–Crippen MR) is 62.9 cm³/mol. The van der Waals surface area contributed by atoms with E-state index in [0.29, 0.717) is 0 Å². The Bertz CT molecular complexity index is 397. The highest BCUT2D eigenvalue weighted by Crippen LogP contribution is 2.50. The van der Waals surface area contributed by atoms with Crippen molar-refractivity contribution in [3.63, 3.8) is 0 Å². The number of aryl methyl sites for hydroxylation is 2. The molecule has 0 saturated heterocycles. The molecule has 16 heavy (non-hydrogen) atoms. The molecule has 0 aliphatic rings. The summed E-state index contributed by atoms with van der Waals surface area (Å²) in [6.45, 7) is 3.60. The van der Waals surface area contributed by atoms with Crippen LogP contribution in [-0.2, 0) is 19.8 Å². The summed E-state index contributed by atoms with van der Waals surface area (Å²) in [4.78, 5) is 0. The van der Waals surface area contributed by atoms with Crippen molar-refractivity contribution in [3.8, 4) is 5.75 Å². The van der Waals surface area contributed by atoms with E-state index in [1.165, 1.54) is 14.2 Å². The largest absolute Gasteiger partial charge is 0.507 e. The highest BCUT2D eigenvalue weighted by molar-refractivity contribution is 7.52. The Kier molecular flexibility index (Phi) is 4.14. The first-order valence-corrected chi connectivity index (χ1v) is 6.64. The summed E-state index contributed by atoms with van der Waals surface area (Å²) in [5.74, 6) is 0.272. The van der Waals surface area contributed by atoms with Gasteiger partial charge in [-0.1, -0.05) is 12.1 Å². The third-order valence-corrected chi connectivity index (χ3v) is 4.35. The van der Waals surface area contributed by atoms with Crippen LogP contribution in [-0.4, -0.2) is 19.3 Å². The van der Waals surface area contributed by atoms with E-state index < -0.39 is 7.60 Å². The van der Waals surface area contributed by atoms with Gasteiger partial charge in [0.15, 0.2) is 0 Å². The normalized spacial score (nSPS) is 11.8. The van der Waals surface area contributed by atoms with E-state index in [1.807, 2.05) is 0 Å². The molecule has 0 fully saturated rings. The molecule has 0 saturated carbocycles. The Morgan fingerprint density at radius 1 is 1.19 bits per heavy atom. The van der Waals surface area contributed by atoms with Gasteiger partial charge < -0.3 is 14.2 Å². The van der Waals surface area contributed by atoms with E-state index in [0.717, 1.165) is 16.7 Å². The van der Waals surface area contributed by atoms with Gasteiger partial charge in [-0.15, -0.1) is 0 Å². The number of rotatable bonds is 4. The van der Waals surface area contributed by atoms with Gasteiger partial charge in [-0.3, -0.25) is 4.57 Å². The van der Waals surface area contributed by atoms with Crippen LogP contribution in [0.15, 0.2) is 12.1 Å². The lowest BCUT2D eigenvalue weighted by atomic mass is 10.1. The minimum absolute atomic E-state index is 0.210. The molecule has 90 valence electrons. The maximum absolute atomic E-state index is 11.9. The lowest BCUT2D eigenvalue weighted by molar-refractivity contribution is 0.275. The minimum atomic E-state index is -3.04. The Balaban J connectivity index is 3.03. The number of phenolic OH excluding ortho intramolecular Hbond substituents is 1. The molecule has 1 N–H and O–H groups in total. The van der Waals surface area contributed by atoms with Crippen molar-refractivity contribution in [2.45, 2.75) is 20.0 Å². The summed E-state index contributed by atoms with van der Waals surface area (Å²) >= 11 is 0. The van der Waals surface area contributed by atoms with Gasteiger partial charge in [-0.05, 0) is 30.5 Å². The van der Waals surface area contributed by atoms with Crippen LogP contribution in [0.25, 0.3) is 0 Å². The quantitative estimate of drug-likeness (QED) is 0.827. The van der Waals surface area contributed by atoms with Crippen molar-refractivity contribution in [2.24, 2.45) is 0 Å². The summed E-state index contributed by atoms with van der Waals surface area (Å²) in [7, 11) is -0.309. The minimum Gasteiger partial charge on any atom is -0.507 e. The maximum Gasteiger partial charge on any atom is 0.334 e. The first kappa shape index (κ1) is 13.2. The van der Waals surface area contributed by atoms with Crippen LogP contribution in [0.1, 0.15) is 16.7 Å². The van der Waals surface area contributed by atoms with Crippen LogP contribution in [0.4, 0.5) is 0 Å². The Morgan fingerprint density at radius 2 is 1.62 bits per heavy atom. The first-order chi connectivity index (χ1) is 7.41. The van der Waals surface area contributed by atoms with Gasteiger partial charge in [0.1, 0.15) is 5.75 Å². The lowest BCUT2D eigenvalue weighted by Gasteiger charge is -2.14. The molecule has 4 nitrogen and oxygen atoms in total. The van der Waals surface area contributed by atoms with Gasteiger partial charge in [0.05, 0.1) is 6.16 Å². The van der Waals surface area contributed by atoms with Gasteiger partial charge in [-0.25, -0.2) is 0 Å². The molecule has 0 radical (unpaired) electrons. The number of benzene rings is 1. The molecular weight excluding hydrogens is 227 g/mol. The van der Waals surface area contributed by atoms with Crippen molar-refractivity contribution in [1.82, 2.24) is 0 Å². The van der Waals surface area contributed by atoms with Crippen molar-refractivity contribution < 1.29 is 18.7 Å². The van der Waals surface area contributed by atoms with Crippen LogP contribution >= 0.6 is 7.60 Å². The average Bonchev–Trinajstić information content (AvgIpc) is 2.25. The summed E-state index contributed by atoms with van der Waals surface area (Å²) in [6, 6.07) is 3.57. The van der Waals surface area contributed by atoms with Gasteiger partial charge in [-0.2, -0.15) is 0 Å². The fourth-order valence-electron chi connectivity index (χ4n) is 1.56. The Labute approximate surface area is 95.7 Å². The number of phenols is 1. The van der Waals surface area contributed by atoms with Crippen molar-refractivity contribution >= 4 is 7.60 Å². The molecule has 0 aliphatic heterocycles. The smallest absolute Gasteiger partial charge is 0.334 e. The van der Waals surface area contributed by atoms with Gasteiger partial charge >= 0.3 is 7.60 Å². The zero-order chi connectivity index (χ0) is 12.3. The van der Waals surface area contributed by atoms with E-state index >= 15 is 0 Å². The van der Waals surface area contributed by atoms with Crippen LogP contribution in [0.3, 0.4) is 0 Å². The zero-order valence-electron chi connectivity index (χ0n) is 9.98. The zero-order valence-corrected chi connectivity index (χ0v) is 10.9. The van der Waals surface area contributed by atoms with E-state index in [2.05, 4.69) is 0 Å². The highest BCUT2D eigenvalue weighted by Gasteiger charge is 2.22. The molecule has 5 heteroatoms. The van der Waals surface area contributed by atoms with Crippen molar-refractivity contribution in [1.29, 1.82) is 0 Å². The molecule has 1 rings (SSSR count). The van der Waals surface area contributed by atoms with Crippen molar-refractivity contribution in [2.75, 3.05) is 14.2 Å². The second-order valence-corrected chi connectivity index (χ2v) is 5.98. The Hall–Kier alpha value is -0.830. The summed E-state index contributed by atoms with van der Waals surface area (Å²) in [5, 5.41) is 9.61. The van der Waals surface area contributed by atoms with E-state index in [4.69, 9.17) is 9.05 Å².